The van der Waals surface area contributed by atoms with Crippen LogP contribution in [0.25, 0.3) is 0 Å². The van der Waals surface area contributed by atoms with Gasteiger partial charge in [-0.25, -0.2) is 9.97 Å². The molecule has 0 radical (unpaired) electrons. The summed E-state index contributed by atoms with van der Waals surface area (Å²) in [7, 11) is 0. The van der Waals surface area contributed by atoms with E-state index < -0.39 is 0 Å². The fourth-order valence-electron chi connectivity index (χ4n) is 3.29. The second-order valence-electron chi connectivity index (χ2n) is 6.61. The van der Waals surface area contributed by atoms with E-state index in [0.717, 1.165) is 18.4 Å². The number of nitrogens with one attached hydrogen (secondary N) is 1. The summed E-state index contributed by atoms with van der Waals surface area (Å²) in [4.78, 5) is 9.72. The van der Waals surface area contributed by atoms with Crippen LogP contribution in [0.2, 0.25) is 0 Å². The van der Waals surface area contributed by atoms with Crippen molar-refractivity contribution in [3.05, 3.63) is 22.8 Å². The average Bonchev–Trinajstić information content (AvgIpc) is 3.29. The lowest BCUT2D eigenvalue weighted by molar-refractivity contribution is 0.598. The summed E-state index contributed by atoms with van der Waals surface area (Å²) in [5.74, 6) is 2.83. The first kappa shape index (κ1) is 15.3. The van der Waals surface area contributed by atoms with Crippen molar-refractivity contribution in [2.75, 3.05) is 12.3 Å². The van der Waals surface area contributed by atoms with Crippen molar-refractivity contribution in [2.45, 2.75) is 70.1 Å². The largest absolute Gasteiger partial charge is 0.313 e. The van der Waals surface area contributed by atoms with E-state index in [1.807, 2.05) is 11.8 Å². The monoisotopic (exact) mass is 305 g/mol. The Balaban J connectivity index is 1.74. The minimum Gasteiger partial charge on any atom is -0.313 e. The molecule has 1 N–H and O–H groups in total. The summed E-state index contributed by atoms with van der Waals surface area (Å²) < 4.78 is 0. The van der Waals surface area contributed by atoms with E-state index in [2.05, 4.69) is 26.1 Å². The molecule has 0 amide bonds. The number of hydrogen-bond acceptors (Lipinski definition) is 4. The van der Waals surface area contributed by atoms with Crippen molar-refractivity contribution in [2.24, 2.45) is 0 Å². The molecule has 0 aromatic carbocycles. The molecule has 21 heavy (non-hydrogen) atoms. The van der Waals surface area contributed by atoms with Crippen LogP contribution in [-0.4, -0.2) is 28.3 Å². The Morgan fingerprint density at radius 2 is 1.86 bits per heavy atom. The molecule has 116 valence electrons. The molecular weight excluding hydrogens is 278 g/mol. The fourth-order valence-corrected chi connectivity index (χ4v) is 4.53. The van der Waals surface area contributed by atoms with E-state index in [-0.39, 0.29) is 0 Å². The number of nitrogens with zero attached hydrogens (tertiary/aromatic N) is 2. The molecule has 3 rings (SSSR count). The van der Waals surface area contributed by atoms with Gasteiger partial charge in [0.15, 0.2) is 0 Å². The van der Waals surface area contributed by atoms with Gasteiger partial charge in [-0.3, -0.25) is 0 Å². The van der Waals surface area contributed by atoms with Crippen LogP contribution in [0.4, 0.5) is 0 Å². The molecule has 1 aliphatic carbocycles. The van der Waals surface area contributed by atoms with Gasteiger partial charge in [0.25, 0.3) is 0 Å². The number of rotatable bonds is 5. The summed E-state index contributed by atoms with van der Waals surface area (Å²) in [6.07, 6.45) is 6.60. The first-order valence-corrected chi connectivity index (χ1v) is 9.40. The van der Waals surface area contributed by atoms with Crippen LogP contribution in [0.15, 0.2) is 0 Å². The number of aromatic nitrogens is 2. The summed E-state index contributed by atoms with van der Waals surface area (Å²) in [5, 5.41) is 4.15. The van der Waals surface area contributed by atoms with E-state index in [9.17, 15) is 0 Å². The third-order valence-electron chi connectivity index (χ3n) is 4.59. The Morgan fingerprint density at radius 3 is 2.43 bits per heavy atom. The minimum atomic E-state index is 0.499. The molecule has 2 unspecified atom stereocenters. The quantitative estimate of drug-likeness (QED) is 0.895. The Morgan fingerprint density at radius 1 is 1.14 bits per heavy atom. The standard InChI is InChI=1S/C17H27N3S/c1-11(10-18-14-7-8-14)16-12(2)19-17(20-13(16)3)15-6-4-5-9-21-15/h11,14-15,18H,4-10H2,1-3H3. The molecule has 0 bridgehead atoms. The smallest absolute Gasteiger partial charge is 0.141 e. The maximum atomic E-state index is 4.86. The lowest BCUT2D eigenvalue weighted by Crippen LogP contribution is -2.24. The zero-order chi connectivity index (χ0) is 14.8. The highest BCUT2D eigenvalue weighted by Gasteiger charge is 2.24. The van der Waals surface area contributed by atoms with Gasteiger partial charge in [0.1, 0.15) is 5.82 Å². The molecule has 1 aromatic heterocycles. The molecule has 1 aromatic rings. The Hall–Kier alpha value is -0.610. The first-order chi connectivity index (χ1) is 10.1. The van der Waals surface area contributed by atoms with Crippen LogP contribution >= 0.6 is 11.8 Å². The summed E-state index contributed by atoms with van der Waals surface area (Å²) in [5.41, 5.74) is 3.73. The van der Waals surface area contributed by atoms with Gasteiger partial charge in [-0.15, -0.1) is 0 Å². The Labute approximate surface area is 132 Å². The van der Waals surface area contributed by atoms with Gasteiger partial charge in [-0.2, -0.15) is 11.8 Å². The average molecular weight is 305 g/mol. The van der Waals surface area contributed by atoms with Gasteiger partial charge in [-0.1, -0.05) is 13.3 Å². The Bertz CT molecular complexity index is 470. The van der Waals surface area contributed by atoms with Gasteiger partial charge in [-0.05, 0) is 56.8 Å². The zero-order valence-electron chi connectivity index (χ0n) is 13.5. The molecule has 2 aliphatic rings. The first-order valence-electron chi connectivity index (χ1n) is 8.35. The van der Waals surface area contributed by atoms with Crippen molar-refractivity contribution in [3.8, 4) is 0 Å². The zero-order valence-corrected chi connectivity index (χ0v) is 14.3. The molecule has 4 heteroatoms. The van der Waals surface area contributed by atoms with Crippen molar-refractivity contribution in [1.82, 2.24) is 15.3 Å². The second-order valence-corrected chi connectivity index (χ2v) is 7.92. The maximum Gasteiger partial charge on any atom is 0.141 e. The van der Waals surface area contributed by atoms with E-state index >= 15 is 0 Å². The van der Waals surface area contributed by atoms with Crippen LogP contribution in [-0.2, 0) is 0 Å². The summed E-state index contributed by atoms with van der Waals surface area (Å²) in [6, 6.07) is 0.770. The summed E-state index contributed by atoms with van der Waals surface area (Å²) in [6.45, 7) is 7.67. The molecule has 2 atom stereocenters. The van der Waals surface area contributed by atoms with Gasteiger partial charge >= 0.3 is 0 Å². The van der Waals surface area contributed by atoms with E-state index in [0.29, 0.717) is 11.2 Å². The lowest BCUT2D eigenvalue weighted by Gasteiger charge is -2.23. The summed E-state index contributed by atoms with van der Waals surface area (Å²) >= 11 is 2.03. The SMILES string of the molecule is Cc1nc(C2CCCCS2)nc(C)c1C(C)CNC1CC1. The molecule has 1 saturated carbocycles. The number of thioether (sulfide) groups is 1. The predicted octanol–water partition coefficient (Wildman–Crippen LogP) is 3.91. The highest BCUT2D eigenvalue weighted by atomic mass is 32.2. The molecule has 2 heterocycles. The lowest BCUT2D eigenvalue weighted by atomic mass is 9.97. The van der Waals surface area contributed by atoms with Crippen molar-refractivity contribution >= 4 is 11.8 Å². The van der Waals surface area contributed by atoms with Crippen LogP contribution in [0.1, 0.15) is 73.0 Å². The van der Waals surface area contributed by atoms with E-state index in [1.165, 1.54) is 54.8 Å². The second kappa shape index (κ2) is 6.66. The van der Waals surface area contributed by atoms with Crippen LogP contribution < -0.4 is 5.32 Å². The molecule has 0 spiro atoms. The van der Waals surface area contributed by atoms with E-state index in [1.54, 1.807) is 0 Å². The molecule has 1 aliphatic heterocycles. The third-order valence-corrected chi connectivity index (χ3v) is 5.97. The van der Waals surface area contributed by atoms with Gasteiger partial charge in [0.05, 0.1) is 5.25 Å². The van der Waals surface area contributed by atoms with Crippen LogP contribution in [0, 0.1) is 13.8 Å². The van der Waals surface area contributed by atoms with Crippen molar-refractivity contribution in [1.29, 1.82) is 0 Å². The van der Waals surface area contributed by atoms with E-state index in [4.69, 9.17) is 9.97 Å². The van der Waals surface area contributed by atoms with Gasteiger partial charge in [0.2, 0.25) is 0 Å². The normalized spacial score (nSPS) is 24.0. The van der Waals surface area contributed by atoms with Crippen molar-refractivity contribution < 1.29 is 0 Å². The third kappa shape index (κ3) is 3.78. The number of aryl methyl sites for hydroxylation is 2. The van der Waals surface area contributed by atoms with Crippen molar-refractivity contribution in [3.63, 3.8) is 0 Å². The highest BCUT2D eigenvalue weighted by molar-refractivity contribution is 7.99. The minimum absolute atomic E-state index is 0.499. The highest BCUT2D eigenvalue weighted by Crippen LogP contribution is 2.37. The van der Waals surface area contributed by atoms with Gasteiger partial charge < -0.3 is 5.32 Å². The topological polar surface area (TPSA) is 37.8 Å². The van der Waals surface area contributed by atoms with Crippen LogP contribution in [0.5, 0.6) is 0 Å². The number of hydrogen-bond donors (Lipinski definition) is 1. The van der Waals surface area contributed by atoms with Crippen LogP contribution in [0.3, 0.4) is 0 Å². The molecule has 2 fully saturated rings. The van der Waals surface area contributed by atoms with Gasteiger partial charge in [0, 0.05) is 24.0 Å². The molecule has 3 nitrogen and oxygen atoms in total. The maximum absolute atomic E-state index is 4.86. The predicted molar refractivity (Wildman–Crippen MR) is 90.0 cm³/mol. The molecule has 1 saturated heterocycles. The molecular formula is C17H27N3S. The Kier molecular flexibility index (Phi) is 4.85. The fraction of sp³-hybridized carbons (Fsp3) is 0.765.